The minimum Gasteiger partial charge on any atom is -0.388 e. The monoisotopic (exact) mass is 234 g/mol. The SMILES string of the molecule is CNc1cc(NC(C)C)cc(C(=O)C(C)C)c1. The van der Waals surface area contributed by atoms with Gasteiger partial charge in [-0.15, -0.1) is 0 Å². The molecule has 0 saturated heterocycles. The van der Waals surface area contributed by atoms with Gasteiger partial charge in [0.15, 0.2) is 5.78 Å². The quantitative estimate of drug-likeness (QED) is 0.767. The van der Waals surface area contributed by atoms with Crippen molar-refractivity contribution in [3.05, 3.63) is 23.8 Å². The van der Waals surface area contributed by atoms with Gasteiger partial charge in [-0.2, -0.15) is 0 Å². The highest BCUT2D eigenvalue weighted by Gasteiger charge is 2.12. The Balaban J connectivity index is 3.09. The summed E-state index contributed by atoms with van der Waals surface area (Å²) in [6.45, 7) is 8.00. The third-order valence-corrected chi connectivity index (χ3v) is 2.49. The first-order valence-corrected chi connectivity index (χ1v) is 6.07. The Morgan fingerprint density at radius 3 is 2.12 bits per heavy atom. The molecule has 94 valence electrons. The summed E-state index contributed by atoms with van der Waals surface area (Å²) in [7, 11) is 1.86. The molecule has 0 radical (unpaired) electrons. The van der Waals surface area contributed by atoms with Gasteiger partial charge in [-0.05, 0) is 32.0 Å². The summed E-state index contributed by atoms with van der Waals surface area (Å²) in [4.78, 5) is 12.0. The summed E-state index contributed by atoms with van der Waals surface area (Å²) >= 11 is 0. The van der Waals surface area contributed by atoms with Gasteiger partial charge in [-0.3, -0.25) is 4.79 Å². The van der Waals surface area contributed by atoms with Crippen LogP contribution in [0.4, 0.5) is 11.4 Å². The molecule has 0 saturated carbocycles. The van der Waals surface area contributed by atoms with Gasteiger partial charge < -0.3 is 10.6 Å². The first-order chi connectivity index (χ1) is 7.93. The molecular weight excluding hydrogens is 212 g/mol. The number of carbonyl (C=O) groups excluding carboxylic acids is 1. The van der Waals surface area contributed by atoms with Crippen LogP contribution in [0.1, 0.15) is 38.1 Å². The molecule has 0 amide bonds. The zero-order chi connectivity index (χ0) is 13.0. The van der Waals surface area contributed by atoms with Gasteiger partial charge in [0, 0.05) is 35.9 Å². The first kappa shape index (κ1) is 13.6. The molecule has 0 aliphatic heterocycles. The maximum Gasteiger partial charge on any atom is 0.165 e. The lowest BCUT2D eigenvalue weighted by Crippen LogP contribution is -2.12. The van der Waals surface area contributed by atoms with E-state index < -0.39 is 0 Å². The van der Waals surface area contributed by atoms with E-state index >= 15 is 0 Å². The van der Waals surface area contributed by atoms with Crippen LogP contribution in [0.25, 0.3) is 0 Å². The van der Waals surface area contributed by atoms with E-state index in [0.717, 1.165) is 16.9 Å². The third-order valence-electron chi connectivity index (χ3n) is 2.49. The number of rotatable bonds is 5. The fraction of sp³-hybridized carbons (Fsp3) is 0.500. The van der Waals surface area contributed by atoms with E-state index in [2.05, 4.69) is 24.5 Å². The fourth-order valence-corrected chi connectivity index (χ4v) is 1.66. The molecule has 0 spiro atoms. The second-order valence-electron chi connectivity index (χ2n) is 4.87. The zero-order valence-electron chi connectivity index (χ0n) is 11.3. The molecule has 2 N–H and O–H groups in total. The second kappa shape index (κ2) is 5.71. The predicted octanol–water partition coefficient (Wildman–Crippen LogP) is 3.39. The summed E-state index contributed by atoms with van der Waals surface area (Å²) in [6, 6.07) is 6.18. The van der Waals surface area contributed by atoms with Gasteiger partial charge in [0.1, 0.15) is 0 Å². The molecule has 0 aliphatic carbocycles. The van der Waals surface area contributed by atoms with Gasteiger partial charge in [0.05, 0.1) is 0 Å². The van der Waals surface area contributed by atoms with Crippen LogP contribution in [-0.2, 0) is 0 Å². The molecule has 3 heteroatoms. The number of hydrogen-bond acceptors (Lipinski definition) is 3. The molecule has 0 fully saturated rings. The minimum atomic E-state index is 0.0222. The van der Waals surface area contributed by atoms with Crippen molar-refractivity contribution in [1.82, 2.24) is 0 Å². The van der Waals surface area contributed by atoms with E-state index in [4.69, 9.17) is 0 Å². The standard InChI is InChI=1S/C14H22N2O/c1-9(2)14(17)11-6-12(15-5)8-13(7-11)16-10(3)4/h6-10,15-16H,1-5H3. The van der Waals surface area contributed by atoms with Gasteiger partial charge in [0.25, 0.3) is 0 Å². The van der Waals surface area contributed by atoms with E-state index in [1.165, 1.54) is 0 Å². The summed E-state index contributed by atoms with van der Waals surface area (Å²) < 4.78 is 0. The van der Waals surface area contributed by atoms with Crippen LogP contribution in [0, 0.1) is 5.92 Å². The number of carbonyl (C=O) groups is 1. The lowest BCUT2D eigenvalue weighted by atomic mass is 10.00. The predicted molar refractivity (Wildman–Crippen MR) is 73.9 cm³/mol. The van der Waals surface area contributed by atoms with Crippen LogP contribution in [-0.4, -0.2) is 18.9 Å². The van der Waals surface area contributed by atoms with Gasteiger partial charge in [0.2, 0.25) is 0 Å². The molecule has 0 atom stereocenters. The van der Waals surface area contributed by atoms with Crippen molar-refractivity contribution in [2.75, 3.05) is 17.7 Å². The van der Waals surface area contributed by atoms with Crippen LogP contribution in [0.2, 0.25) is 0 Å². The Labute approximate surface area is 104 Å². The van der Waals surface area contributed by atoms with Crippen molar-refractivity contribution in [3.63, 3.8) is 0 Å². The molecule has 3 nitrogen and oxygen atoms in total. The van der Waals surface area contributed by atoms with E-state index in [1.54, 1.807) is 0 Å². The second-order valence-corrected chi connectivity index (χ2v) is 4.87. The van der Waals surface area contributed by atoms with Gasteiger partial charge in [-0.25, -0.2) is 0 Å². The average Bonchev–Trinajstić information content (AvgIpc) is 2.26. The highest BCUT2D eigenvalue weighted by molar-refractivity contribution is 5.99. The Morgan fingerprint density at radius 1 is 1.06 bits per heavy atom. The third kappa shape index (κ3) is 3.77. The number of nitrogens with one attached hydrogen (secondary N) is 2. The number of ketones is 1. The zero-order valence-corrected chi connectivity index (χ0v) is 11.3. The normalized spacial score (nSPS) is 10.8. The van der Waals surface area contributed by atoms with Crippen molar-refractivity contribution < 1.29 is 4.79 Å². The van der Waals surface area contributed by atoms with E-state index in [-0.39, 0.29) is 11.7 Å². The van der Waals surface area contributed by atoms with Crippen LogP contribution in [0.15, 0.2) is 18.2 Å². The van der Waals surface area contributed by atoms with Crippen molar-refractivity contribution >= 4 is 17.2 Å². The van der Waals surface area contributed by atoms with Crippen LogP contribution in [0.3, 0.4) is 0 Å². The number of hydrogen-bond donors (Lipinski definition) is 2. The maximum atomic E-state index is 12.0. The maximum absolute atomic E-state index is 12.0. The molecule has 0 bridgehead atoms. The smallest absolute Gasteiger partial charge is 0.165 e. The Hall–Kier alpha value is -1.51. The average molecular weight is 234 g/mol. The Morgan fingerprint density at radius 2 is 1.65 bits per heavy atom. The summed E-state index contributed by atoms with van der Waals surface area (Å²) in [5.74, 6) is 0.197. The molecule has 0 heterocycles. The molecule has 1 rings (SSSR count). The van der Waals surface area contributed by atoms with Crippen molar-refractivity contribution in [2.45, 2.75) is 33.7 Å². The van der Waals surface area contributed by atoms with E-state index in [0.29, 0.717) is 6.04 Å². The molecule has 0 aromatic heterocycles. The molecule has 0 unspecified atom stereocenters. The van der Waals surface area contributed by atoms with Crippen LogP contribution >= 0.6 is 0 Å². The first-order valence-electron chi connectivity index (χ1n) is 6.07. The topological polar surface area (TPSA) is 41.1 Å². The summed E-state index contributed by atoms with van der Waals surface area (Å²) in [5, 5.41) is 6.40. The van der Waals surface area contributed by atoms with Crippen LogP contribution < -0.4 is 10.6 Å². The largest absolute Gasteiger partial charge is 0.388 e. The number of Topliss-reactive ketones (excluding diaryl/α,β-unsaturated/α-hetero) is 1. The highest BCUT2D eigenvalue weighted by atomic mass is 16.1. The summed E-state index contributed by atoms with van der Waals surface area (Å²) in [6.07, 6.45) is 0. The Bertz CT molecular complexity index is 397. The van der Waals surface area contributed by atoms with Gasteiger partial charge >= 0.3 is 0 Å². The van der Waals surface area contributed by atoms with Crippen molar-refractivity contribution in [3.8, 4) is 0 Å². The van der Waals surface area contributed by atoms with E-state index in [9.17, 15) is 4.79 Å². The molecule has 1 aromatic rings. The van der Waals surface area contributed by atoms with Crippen LogP contribution in [0.5, 0.6) is 0 Å². The van der Waals surface area contributed by atoms with Crippen molar-refractivity contribution in [1.29, 1.82) is 0 Å². The summed E-state index contributed by atoms with van der Waals surface area (Å²) in [5.41, 5.74) is 2.70. The number of anilines is 2. The van der Waals surface area contributed by atoms with Crippen molar-refractivity contribution in [2.24, 2.45) is 5.92 Å². The molecular formula is C14H22N2O. The Kier molecular flexibility index (Phi) is 4.55. The minimum absolute atomic E-state index is 0.0222. The van der Waals surface area contributed by atoms with Gasteiger partial charge in [-0.1, -0.05) is 13.8 Å². The molecule has 1 aromatic carbocycles. The lowest BCUT2D eigenvalue weighted by Gasteiger charge is -2.14. The van der Waals surface area contributed by atoms with E-state index in [1.807, 2.05) is 39.1 Å². The molecule has 0 aliphatic rings. The molecule has 17 heavy (non-hydrogen) atoms. The highest BCUT2D eigenvalue weighted by Crippen LogP contribution is 2.21. The number of benzene rings is 1. The lowest BCUT2D eigenvalue weighted by molar-refractivity contribution is 0.0939. The fourth-order valence-electron chi connectivity index (χ4n) is 1.66.